The number of carbonyl (C=O) groups is 1. The Labute approximate surface area is 85.1 Å². The molecule has 4 heteroatoms. The molecule has 0 aliphatic carbocycles. The molecule has 3 nitrogen and oxygen atoms in total. The van der Waals surface area contributed by atoms with Gasteiger partial charge in [-0.15, -0.1) is 12.4 Å². The molecule has 2 saturated heterocycles. The Morgan fingerprint density at radius 3 is 2.15 bits per heavy atom. The maximum absolute atomic E-state index is 11.3. The molecule has 0 aromatic heterocycles. The smallest absolute Gasteiger partial charge is 0.219 e. The SMILES string of the molecule is CC(=O)N1[C@@H]2CC[C@H]1CC(N)C2.Cl. The van der Waals surface area contributed by atoms with Crippen LogP contribution in [0.5, 0.6) is 0 Å². The van der Waals surface area contributed by atoms with Gasteiger partial charge in [0.2, 0.25) is 5.91 Å². The molecular formula is C9H17ClN2O. The van der Waals surface area contributed by atoms with Gasteiger partial charge < -0.3 is 10.6 Å². The number of piperidine rings is 1. The predicted molar refractivity (Wildman–Crippen MR) is 53.8 cm³/mol. The number of hydrogen-bond acceptors (Lipinski definition) is 2. The second-order valence-corrected chi connectivity index (χ2v) is 4.04. The van der Waals surface area contributed by atoms with E-state index in [0.717, 1.165) is 25.7 Å². The Kier molecular flexibility index (Phi) is 3.19. The number of rotatable bonds is 0. The molecule has 2 bridgehead atoms. The van der Waals surface area contributed by atoms with Gasteiger partial charge in [0.15, 0.2) is 0 Å². The first-order valence-corrected chi connectivity index (χ1v) is 4.73. The van der Waals surface area contributed by atoms with Crippen molar-refractivity contribution in [2.45, 2.75) is 50.7 Å². The lowest BCUT2D eigenvalue weighted by Crippen LogP contribution is -2.49. The van der Waals surface area contributed by atoms with Crippen LogP contribution in [-0.2, 0) is 4.79 Å². The second-order valence-electron chi connectivity index (χ2n) is 4.04. The number of halogens is 1. The van der Waals surface area contributed by atoms with Crippen molar-refractivity contribution in [2.75, 3.05) is 0 Å². The third kappa shape index (κ3) is 1.81. The summed E-state index contributed by atoms with van der Waals surface area (Å²) in [5.41, 5.74) is 5.88. The number of amides is 1. The molecule has 3 atom stereocenters. The van der Waals surface area contributed by atoms with Crippen LogP contribution in [-0.4, -0.2) is 28.9 Å². The molecule has 0 saturated carbocycles. The van der Waals surface area contributed by atoms with E-state index in [1.54, 1.807) is 6.92 Å². The molecule has 0 spiro atoms. The van der Waals surface area contributed by atoms with Crippen molar-refractivity contribution >= 4 is 18.3 Å². The zero-order valence-electron chi connectivity index (χ0n) is 7.90. The van der Waals surface area contributed by atoms with Gasteiger partial charge in [-0.1, -0.05) is 0 Å². The summed E-state index contributed by atoms with van der Waals surface area (Å²) in [6.07, 6.45) is 4.35. The van der Waals surface area contributed by atoms with Gasteiger partial charge in [0.25, 0.3) is 0 Å². The van der Waals surface area contributed by atoms with Crippen molar-refractivity contribution in [3.05, 3.63) is 0 Å². The molecule has 2 heterocycles. The standard InChI is InChI=1S/C9H16N2O.ClH/c1-6(12)11-8-2-3-9(11)5-7(10)4-8;/h7-9H,2-5,10H2,1H3;1H/t7?,8-,9+;. The lowest BCUT2D eigenvalue weighted by atomic mass is 9.98. The fourth-order valence-electron chi connectivity index (χ4n) is 2.73. The average molecular weight is 205 g/mol. The quantitative estimate of drug-likeness (QED) is 0.638. The molecule has 2 aliphatic rings. The Bertz CT molecular complexity index is 196. The van der Waals surface area contributed by atoms with E-state index in [4.69, 9.17) is 5.73 Å². The van der Waals surface area contributed by atoms with Crippen LogP contribution >= 0.6 is 12.4 Å². The van der Waals surface area contributed by atoms with Crippen LogP contribution in [0.4, 0.5) is 0 Å². The van der Waals surface area contributed by atoms with E-state index in [9.17, 15) is 4.79 Å². The fourth-order valence-corrected chi connectivity index (χ4v) is 2.73. The van der Waals surface area contributed by atoms with E-state index in [2.05, 4.69) is 0 Å². The van der Waals surface area contributed by atoms with Gasteiger partial charge >= 0.3 is 0 Å². The zero-order valence-corrected chi connectivity index (χ0v) is 8.72. The Morgan fingerprint density at radius 1 is 1.31 bits per heavy atom. The summed E-state index contributed by atoms with van der Waals surface area (Å²) in [6, 6.07) is 1.24. The first-order chi connectivity index (χ1) is 5.68. The highest BCUT2D eigenvalue weighted by atomic mass is 35.5. The summed E-state index contributed by atoms with van der Waals surface area (Å²) in [4.78, 5) is 13.3. The highest BCUT2D eigenvalue weighted by molar-refractivity contribution is 5.85. The van der Waals surface area contributed by atoms with Crippen molar-refractivity contribution in [3.8, 4) is 0 Å². The van der Waals surface area contributed by atoms with Crippen LogP contribution in [0.3, 0.4) is 0 Å². The number of carbonyl (C=O) groups excluding carboxylic acids is 1. The number of hydrogen-bond donors (Lipinski definition) is 1. The summed E-state index contributed by atoms with van der Waals surface area (Å²) in [5.74, 6) is 0.231. The van der Waals surface area contributed by atoms with Crippen LogP contribution < -0.4 is 5.73 Å². The Hall–Kier alpha value is -0.280. The molecule has 2 fully saturated rings. The maximum atomic E-state index is 11.3. The van der Waals surface area contributed by atoms with Gasteiger partial charge in [0, 0.05) is 25.0 Å². The van der Waals surface area contributed by atoms with E-state index < -0.39 is 0 Å². The largest absolute Gasteiger partial charge is 0.337 e. The van der Waals surface area contributed by atoms with Gasteiger partial charge in [0.05, 0.1) is 0 Å². The highest BCUT2D eigenvalue weighted by Gasteiger charge is 2.40. The van der Waals surface area contributed by atoms with Crippen LogP contribution in [0.2, 0.25) is 0 Å². The monoisotopic (exact) mass is 204 g/mol. The highest BCUT2D eigenvalue weighted by Crippen LogP contribution is 2.34. The molecule has 0 radical (unpaired) electrons. The predicted octanol–water partition coefficient (Wildman–Crippen LogP) is 0.909. The van der Waals surface area contributed by atoms with E-state index >= 15 is 0 Å². The average Bonchev–Trinajstić information content (AvgIpc) is 2.24. The van der Waals surface area contributed by atoms with E-state index in [1.165, 1.54) is 0 Å². The molecule has 0 aromatic rings. The fraction of sp³-hybridized carbons (Fsp3) is 0.889. The van der Waals surface area contributed by atoms with Crippen LogP contribution in [0.1, 0.15) is 32.6 Å². The molecule has 1 amide bonds. The number of nitrogens with two attached hydrogens (primary N) is 1. The minimum Gasteiger partial charge on any atom is -0.337 e. The third-order valence-electron chi connectivity index (χ3n) is 3.13. The van der Waals surface area contributed by atoms with E-state index in [1.807, 2.05) is 4.90 Å². The van der Waals surface area contributed by atoms with Gasteiger partial charge in [-0.3, -0.25) is 4.79 Å². The minimum absolute atomic E-state index is 0. The van der Waals surface area contributed by atoms with Gasteiger partial charge in [0.1, 0.15) is 0 Å². The molecule has 0 aromatic carbocycles. The molecule has 13 heavy (non-hydrogen) atoms. The molecule has 1 unspecified atom stereocenters. The van der Waals surface area contributed by atoms with Gasteiger partial charge in [-0.2, -0.15) is 0 Å². The summed E-state index contributed by atoms with van der Waals surface area (Å²) in [6.45, 7) is 1.67. The Balaban J connectivity index is 0.000000845. The van der Waals surface area contributed by atoms with E-state index in [-0.39, 0.29) is 18.3 Å². The molecule has 2 rings (SSSR count). The van der Waals surface area contributed by atoms with Crippen LogP contribution in [0.25, 0.3) is 0 Å². The first kappa shape index (κ1) is 10.8. The first-order valence-electron chi connectivity index (χ1n) is 4.73. The lowest BCUT2D eigenvalue weighted by Gasteiger charge is -2.37. The lowest BCUT2D eigenvalue weighted by molar-refractivity contribution is -0.133. The summed E-state index contributed by atoms with van der Waals surface area (Å²) in [5, 5.41) is 0. The summed E-state index contributed by atoms with van der Waals surface area (Å²) < 4.78 is 0. The second kappa shape index (κ2) is 3.84. The van der Waals surface area contributed by atoms with Crippen molar-refractivity contribution in [3.63, 3.8) is 0 Å². The van der Waals surface area contributed by atoms with Crippen LogP contribution in [0, 0.1) is 0 Å². The normalized spacial score (nSPS) is 37.1. The van der Waals surface area contributed by atoms with Crippen molar-refractivity contribution < 1.29 is 4.79 Å². The number of nitrogens with zero attached hydrogens (tertiary/aromatic N) is 1. The van der Waals surface area contributed by atoms with Crippen LogP contribution in [0.15, 0.2) is 0 Å². The molecule has 2 N–H and O–H groups in total. The molecule has 76 valence electrons. The maximum Gasteiger partial charge on any atom is 0.219 e. The number of fused-ring (bicyclic) bond motifs is 2. The van der Waals surface area contributed by atoms with Crippen molar-refractivity contribution in [1.29, 1.82) is 0 Å². The zero-order chi connectivity index (χ0) is 8.72. The molecular weight excluding hydrogens is 188 g/mol. The van der Waals surface area contributed by atoms with Gasteiger partial charge in [-0.25, -0.2) is 0 Å². The molecule has 2 aliphatic heterocycles. The summed E-state index contributed by atoms with van der Waals surface area (Å²) in [7, 11) is 0. The summed E-state index contributed by atoms with van der Waals surface area (Å²) >= 11 is 0. The minimum atomic E-state index is 0. The third-order valence-corrected chi connectivity index (χ3v) is 3.13. The topological polar surface area (TPSA) is 46.3 Å². The Morgan fingerprint density at radius 2 is 1.77 bits per heavy atom. The van der Waals surface area contributed by atoms with E-state index in [0.29, 0.717) is 18.1 Å². The van der Waals surface area contributed by atoms with Gasteiger partial charge in [-0.05, 0) is 25.7 Å². The van der Waals surface area contributed by atoms with Crippen molar-refractivity contribution in [2.24, 2.45) is 5.73 Å². The van der Waals surface area contributed by atoms with Crippen molar-refractivity contribution in [1.82, 2.24) is 4.90 Å².